The number of nitriles is 1. The van der Waals surface area contributed by atoms with Crippen LogP contribution in [0.3, 0.4) is 0 Å². The zero-order chi connectivity index (χ0) is 11.8. The van der Waals surface area contributed by atoms with Crippen molar-refractivity contribution >= 4 is 0 Å². The highest BCUT2D eigenvalue weighted by Gasteiger charge is 2.39. The van der Waals surface area contributed by atoms with Gasteiger partial charge >= 0.3 is 0 Å². The second kappa shape index (κ2) is 4.37. The first-order valence-electron chi connectivity index (χ1n) is 6.66. The average Bonchev–Trinajstić information content (AvgIpc) is 2.84. The lowest BCUT2D eigenvalue weighted by atomic mass is 9.80. The minimum absolute atomic E-state index is 0.304. The minimum Gasteiger partial charge on any atom is -0.299 e. The molecule has 2 aliphatic rings. The summed E-state index contributed by atoms with van der Waals surface area (Å²) in [5.74, 6) is 1.12. The van der Waals surface area contributed by atoms with E-state index in [1.165, 1.54) is 32.4 Å². The van der Waals surface area contributed by atoms with Gasteiger partial charge in [0.05, 0.1) is 12.0 Å². The third-order valence-corrected chi connectivity index (χ3v) is 4.56. The molecule has 0 N–H and O–H groups in total. The molecule has 2 heteroatoms. The van der Waals surface area contributed by atoms with Crippen molar-refractivity contribution in [1.82, 2.24) is 4.90 Å². The standard InChI is InChI=1S/C14H24N2/c1-14(2,3)12-7-8-16(10-12)13-6-4-5-11(13)9-15/h11-13H,4-8,10H2,1-3H3. The molecule has 2 rings (SSSR count). The van der Waals surface area contributed by atoms with Gasteiger partial charge in [-0.2, -0.15) is 5.26 Å². The van der Waals surface area contributed by atoms with Crippen LogP contribution in [-0.4, -0.2) is 24.0 Å². The van der Waals surface area contributed by atoms with Crippen LogP contribution >= 0.6 is 0 Å². The topological polar surface area (TPSA) is 27.0 Å². The van der Waals surface area contributed by atoms with E-state index in [0.29, 0.717) is 17.4 Å². The van der Waals surface area contributed by atoms with Crippen molar-refractivity contribution in [2.75, 3.05) is 13.1 Å². The van der Waals surface area contributed by atoms with Gasteiger partial charge in [0.1, 0.15) is 0 Å². The Balaban J connectivity index is 1.96. The normalized spacial score (nSPS) is 36.5. The maximum Gasteiger partial charge on any atom is 0.0672 e. The second-order valence-electron chi connectivity index (χ2n) is 6.58. The summed E-state index contributed by atoms with van der Waals surface area (Å²) in [4.78, 5) is 2.59. The van der Waals surface area contributed by atoms with Crippen LogP contribution in [-0.2, 0) is 0 Å². The lowest BCUT2D eigenvalue weighted by molar-refractivity contribution is 0.181. The first-order chi connectivity index (χ1) is 7.52. The Morgan fingerprint density at radius 3 is 2.50 bits per heavy atom. The van der Waals surface area contributed by atoms with Crippen molar-refractivity contribution in [3.8, 4) is 6.07 Å². The summed E-state index contributed by atoms with van der Waals surface area (Å²) in [6, 6.07) is 3.07. The van der Waals surface area contributed by atoms with Gasteiger partial charge in [-0.1, -0.05) is 27.2 Å². The SMILES string of the molecule is CC(C)(C)C1CCN(C2CCCC2C#N)C1. The molecule has 1 aliphatic heterocycles. The molecule has 0 radical (unpaired) electrons. The molecule has 90 valence electrons. The summed E-state index contributed by atoms with van der Waals surface area (Å²) in [6.45, 7) is 9.46. The maximum atomic E-state index is 9.15. The molecule has 0 aromatic rings. The van der Waals surface area contributed by atoms with Crippen molar-refractivity contribution < 1.29 is 0 Å². The monoisotopic (exact) mass is 220 g/mol. The number of likely N-dealkylation sites (tertiary alicyclic amines) is 1. The van der Waals surface area contributed by atoms with Gasteiger partial charge in [-0.25, -0.2) is 0 Å². The van der Waals surface area contributed by atoms with E-state index in [2.05, 4.69) is 31.7 Å². The van der Waals surface area contributed by atoms with Crippen molar-refractivity contribution in [1.29, 1.82) is 5.26 Å². The summed E-state index contributed by atoms with van der Waals surface area (Å²) < 4.78 is 0. The van der Waals surface area contributed by atoms with E-state index in [1.807, 2.05) is 0 Å². The van der Waals surface area contributed by atoms with Gasteiger partial charge < -0.3 is 0 Å². The molecular weight excluding hydrogens is 196 g/mol. The van der Waals surface area contributed by atoms with E-state index in [1.54, 1.807) is 0 Å². The molecule has 3 atom stereocenters. The fourth-order valence-corrected chi connectivity index (χ4v) is 3.32. The first-order valence-corrected chi connectivity index (χ1v) is 6.66. The number of rotatable bonds is 1. The second-order valence-corrected chi connectivity index (χ2v) is 6.58. The Kier molecular flexibility index (Phi) is 3.26. The van der Waals surface area contributed by atoms with Crippen molar-refractivity contribution in [2.45, 2.75) is 52.5 Å². The number of hydrogen-bond acceptors (Lipinski definition) is 2. The highest BCUT2D eigenvalue weighted by Crippen LogP contribution is 2.38. The smallest absolute Gasteiger partial charge is 0.0672 e. The third kappa shape index (κ3) is 2.25. The van der Waals surface area contributed by atoms with Crippen LogP contribution in [0.5, 0.6) is 0 Å². The van der Waals surface area contributed by atoms with Crippen LogP contribution in [0, 0.1) is 28.6 Å². The molecule has 2 fully saturated rings. The molecule has 1 heterocycles. The van der Waals surface area contributed by atoms with Crippen LogP contribution in [0.25, 0.3) is 0 Å². The molecule has 0 aromatic heterocycles. The zero-order valence-corrected chi connectivity index (χ0v) is 10.9. The molecule has 1 aliphatic carbocycles. The molecule has 16 heavy (non-hydrogen) atoms. The largest absolute Gasteiger partial charge is 0.299 e. The quantitative estimate of drug-likeness (QED) is 0.679. The van der Waals surface area contributed by atoms with Gasteiger partial charge in [0, 0.05) is 12.6 Å². The Bertz CT molecular complexity index is 284. The van der Waals surface area contributed by atoms with E-state index < -0.39 is 0 Å². The molecule has 3 unspecified atom stereocenters. The fourth-order valence-electron chi connectivity index (χ4n) is 3.32. The summed E-state index contributed by atoms with van der Waals surface area (Å²) >= 11 is 0. The van der Waals surface area contributed by atoms with Crippen molar-refractivity contribution in [3.63, 3.8) is 0 Å². The number of hydrogen-bond donors (Lipinski definition) is 0. The average molecular weight is 220 g/mol. The van der Waals surface area contributed by atoms with E-state index in [9.17, 15) is 0 Å². The van der Waals surface area contributed by atoms with E-state index in [4.69, 9.17) is 5.26 Å². The fraction of sp³-hybridized carbons (Fsp3) is 0.929. The Morgan fingerprint density at radius 1 is 1.19 bits per heavy atom. The molecule has 1 saturated carbocycles. The molecule has 2 nitrogen and oxygen atoms in total. The predicted octanol–water partition coefficient (Wildman–Crippen LogP) is 3.05. The van der Waals surface area contributed by atoms with Crippen LogP contribution in [0.15, 0.2) is 0 Å². The minimum atomic E-state index is 0.304. The lowest BCUT2D eigenvalue weighted by Gasteiger charge is -2.30. The van der Waals surface area contributed by atoms with E-state index >= 15 is 0 Å². The summed E-state index contributed by atoms with van der Waals surface area (Å²) in [5.41, 5.74) is 0.426. The molecule has 0 amide bonds. The lowest BCUT2D eigenvalue weighted by Crippen LogP contribution is -2.36. The summed E-state index contributed by atoms with van der Waals surface area (Å²) in [5, 5.41) is 9.15. The van der Waals surface area contributed by atoms with Gasteiger partial charge in [-0.05, 0) is 37.1 Å². The molecule has 1 saturated heterocycles. The Labute approximate surface area is 99.6 Å². The molecular formula is C14H24N2. The predicted molar refractivity (Wildman–Crippen MR) is 65.9 cm³/mol. The van der Waals surface area contributed by atoms with Crippen molar-refractivity contribution in [2.24, 2.45) is 17.3 Å². The van der Waals surface area contributed by atoms with Gasteiger partial charge in [0.25, 0.3) is 0 Å². The highest BCUT2D eigenvalue weighted by atomic mass is 15.2. The van der Waals surface area contributed by atoms with Crippen molar-refractivity contribution in [3.05, 3.63) is 0 Å². The van der Waals surface area contributed by atoms with E-state index in [-0.39, 0.29) is 0 Å². The van der Waals surface area contributed by atoms with Crippen LogP contribution in [0.2, 0.25) is 0 Å². The van der Waals surface area contributed by atoms with Crippen LogP contribution < -0.4 is 0 Å². The van der Waals surface area contributed by atoms with Gasteiger partial charge in [-0.3, -0.25) is 4.90 Å². The Morgan fingerprint density at radius 2 is 1.94 bits per heavy atom. The van der Waals surface area contributed by atoms with Crippen LogP contribution in [0.1, 0.15) is 46.5 Å². The van der Waals surface area contributed by atoms with Gasteiger partial charge in [0.2, 0.25) is 0 Å². The Hall–Kier alpha value is -0.550. The van der Waals surface area contributed by atoms with E-state index in [0.717, 1.165) is 12.3 Å². The maximum absolute atomic E-state index is 9.15. The summed E-state index contributed by atoms with van der Waals surface area (Å²) in [7, 11) is 0. The first kappa shape index (κ1) is 11.9. The van der Waals surface area contributed by atoms with Gasteiger partial charge in [0.15, 0.2) is 0 Å². The van der Waals surface area contributed by atoms with Crippen LogP contribution in [0.4, 0.5) is 0 Å². The molecule has 0 aromatic carbocycles. The summed E-state index contributed by atoms with van der Waals surface area (Å²) in [6.07, 6.45) is 4.94. The van der Waals surface area contributed by atoms with Gasteiger partial charge in [-0.15, -0.1) is 0 Å². The molecule has 0 bridgehead atoms. The molecule has 0 spiro atoms. The zero-order valence-electron chi connectivity index (χ0n) is 10.9. The third-order valence-electron chi connectivity index (χ3n) is 4.56. The number of nitrogens with zero attached hydrogens (tertiary/aromatic N) is 2. The highest BCUT2D eigenvalue weighted by molar-refractivity contribution is 4.99.